The monoisotopic (exact) mass is 387 g/mol. The Morgan fingerprint density at radius 2 is 2.14 bits per heavy atom. The average molecular weight is 388 g/mol. The maximum absolute atomic E-state index is 12.6. The Balaban J connectivity index is 2.38. The zero-order chi connectivity index (χ0) is 16.5. The third-order valence-corrected chi connectivity index (χ3v) is 5.49. The molecule has 1 N–H and O–H groups in total. The number of carboxylic acid groups (broad SMARTS) is 1. The first-order chi connectivity index (χ1) is 10.2. The van der Waals surface area contributed by atoms with Crippen molar-refractivity contribution < 1.29 is 18.3 Å². The van der Waals surface area contributed by atoms with Gasteiger partial charge in [0.15, 0.2) is 0 Å². The molecule has 0 fully saturated rings. The van der Waals surface area contributed by atoms with Gasteiger partial charge in [0.1, 0.15) is 9.50 Å². The minimum Gasteiger partial charge on any atom is -0.465 e. The second kappa shape index (κ2) is 6.09. The van der Waals surface area contributed by atoms with E-state index < -0.39 is 16.1 Å². The van der Waals surface area contributed by atoms with Gasteiger partial charge < -0.3 is 10.0 Å². The molecule has 2 rings (SSSR count). The maximum Gasteiger partial charge on any atom is 0.407 e. The summed E-state index contributed by atoms with van der Waals surface area (Å²) in [5.74, 6) is 0. The van der Waals surface area contributed by atoms with Crippen molar-refractivity contribution in [1.29, 1.82) is 0 Å². The van der Waals surface area contributed by atoms with Gasteiger partial charge in [0, 0.05) is 25.1 Å². The summed E-state index contributed by atoms with van der Waals surface area (Å²) >= 11 is 3.19. The molecule has 0 aliphatic carbocycles. The summed E-state index contributed by atoms with van der Waals surface area (Å²) in [4.78, 5) is 15.9. The molecule has 0 aliphatic rings. The minimum absolute atomic E-state index is 0.0625. The van der Waals surface area contributed by atoms with Crippen molar-refractivity contribution in [1.82, 2.24) is 13.9 Å². The largest absolute Gasteiger partial charge is 0.465 e. The van der Waals surface area contributed by atoms with Gasteiger partial charge in [-0.05, 0) is 46.6 Å². The molecular weight excluding hydrogens is 374 g/mol. The van der Waals surface area contributed by atoms with Gasteiger partial charge in [-0.2, -0.15) is 0 Å². The van der Waals surface area contributed by atoms with Crippen LogP contribution in [-0.2, 0) is 16.6 Å². The summed E-state index contributed by atoms with van der Waals surface area (Å²) in [6, 6.07) is 4.66. The number of aryl methyl sites for hydroxylation is 1. The van der Waals surface area contributed by atoms with Crippen LogP contribution in [0.25, 0.3) is 0 Å². The van der Waals surface area contributed by atoms with E-state index in [1.165, 1.54) is 25.5 Å². The molecule has 0 bridgehead atoms. The molecule has 0 aromatic carbocycles. The number of amides is 1. The van der Waals surface area contributed by atoms with E-state index >= 15 is 0 Å². The number of pyridine rings is 1. The Hall–Kier alpha value is -1.87. The predicted octanol–water partition coefficient (Wildman–Crippen LogP) is 2.30. The predicted molar refractivity (Wildman–Crippen MR) is 83.2 cm³/mol. The lowest BCUT2D eigenvalue weighted by Gasteiger charge is -2.11. The van der Waals surface area contributed by atoms with Gasteiger partial charge >= 0.3 is 6.09 Å². The first-order valence-electron chi connectivity index (χ1n) is 6.21. The standard InChI is InChI=1S/C13H14BrN3O4S/c1-9-3-4-11(6-15-9)22(20,21)17-8-10(5-12(17)14)7-16(2)13(18)19/h3-6,8H,7H2,1-2H3,(H,18,19). The third-order valence-electron chi connectivity index (χ3n) is 2.99. The van der Waals surface area contributed by atoms with Crippen LogP contribution in [0.2, 0.25) is 0 Å². The van der Waals surface area contributed by atoms with Gasteiger partial charge in [-0.25, -0.2) is 17.2 Å². The Kier molecular flexibility index (Phi) is 4.57. The van der Waals surface area contributed by atoms with E-state index in [0.29, 0.717) is 15.9 Å². The van der Waals surface area contributed by atoms with Gasteiger partial charge in [0.2, 0.25) is 0 Å². The molecule has 22 heavy (non-hydrogen) atoms. The molecule has 1 amide bonds. The van der Waals surface area contributed by atoms with E-state index in [1.54, 1.807) is 19.1 Å². The molecular formula is C13H14BrN3O4S. The van der Waals surface area contributed by atoms with Gasteiger partial charge in [-0.3, -0.25) is 4.98 Å². The van der Waals surface area contributed by atoms with Crippen LogP contribution in [0.1, 0.15) is 11.3 Å². The van der Waals surface area contributed by atoms with Crippen LogP contribution in [0.3, 0.4) is 0 Å². The van der Waals surface area contributed by atoms with E-state index in [1.807, 2.05) is 0 Å². The summed E-state index contributed by atoms with van der Waals surface area (Å²) in [5.41, 5.74) is 1.27. The van der Waals surface area contributed by atoms with Crippen molar-refractivity contribution >= 4 is 32.0 Å². The fourth-order valence-electron chi connectivity index (χ4n) is 1.80. The van der Waals surface area contributed by atoms with E-state index in [2.05, 4.69) is 20.9 Å². The Labute approximate surface area is 136 Å². The van der Waals surface area contributed by atoms with E-state index in [-0.39, 0.29) is 11.4 Å². The second-order valence-corrected chi connectivity index (χ2v) is 7.37. The molecule has 7 nitrogen and oxygen atoms in total. The number of carbonyl (C=O) groups is 1. The van der Waals surface area contributed by atoms with E-state index in [9.17, 15) is 13.2 Å². The number of rotatable bonds is 4. The van der Waals surface area contributed by atoms with Crippen molar-refractivity contribution in [3.63, 3.8) is 0 Å². The summed E-state index contributed by atoms with van der Waals surface area (Å²) in [6.07, 6.45) is 1.59. The first-order valence-corrected chi connectivity index (χ1v) is 8.44. The smallest absolute Gasteiger partial charge is 0.407 e. The molecule has 118 valence electrons. The topological polar surface area (TPSA) is 92.5 Å². The lowest BCUT2D eigenvalue weighted by molar-refractivity contribution is 0.154. The quantitative estimate of drug-likeness (QED) is 0.868. The highest BCUT2D eigenvalue weighted by molar-refractivity contribution is 9.10. The highest BCUT2D eigenvalue weighted by Gasteiger charge is 2.21. The molecule has 0 radical (unpaired) electrons. The van der Waals surface area contributed by atoms with Gasteiger partial charge in [0.25, 0.3) is 10.0 Å². The van der Waals surface area contributed by atoms with Crippen LogP contribution in [0.15, 0.2) is 40.1 Å². The van der Waals surface area contributed by atoms with Gasteiger partial charge in [-0.15, -0.1) is 0 Å². The van der Waals surface area contributed by atoms with Crippen LogP contribution < -0.4 is 0 Å². The van der Waals surface area contributed by atoms with Crippen molar-refractivity contribution in [2.75, 3.05) is 7.05 Å². The first kappa shape index (κ1) is 16.5. The number of nitrogens with zero attached hydrogens (tertiary/aromatic N) is 3. The Morgan fingerprint density at radius 3 is 2.68 bits per heavy atom. The summed E-state index contributed by atoms with van der Waals surface area (Å²) in [7, 11) is -2.37. The molecule has 2 aromatic rings. The van der Waals surface area contributed by atoms with Gasteiger partial charge in [-0.1, -0.05) is 0 Å². The molecule has 9 heteroatoms. The van der Waals surface area contributed by atoms with Crippen molar-refractivity contribution in [3.8, 4) is 0 Å². The lowest BCUT2D eigenvalue weighted by atomic mass is 10.3. The zero-order valence-corrected chi connectivity index (χ0v) is 14.3. The lowest BCUT2D eigenvalue weighted by Crippen LogP contribution is -2.23. The molecule has 0 aliphatic heterocycles. The summed E-state index contributed by atoms with van der Waals surface area (Å²) < 4.78 is 26.5. The number of aromatic nitrogens is 2. The Bertz CT molecular complexity index is 799. The number of halogens is 1. The van der Waals surface area contributed by atoms with Gasteiger partial charge in [0.05, 0.1) is 6.54 Å². The molecule has 2 heterocycles. The Morgan fingerprint density at radius 1 is 1.45 bits per heavy atom. The normalized spacial score (nSPS) is 11.4. The minimum atomic E-state index is -3.78. The number of hydrogen-bond acceptors (Lipinski definition) is 4. The second-order valence-electron chi connectivity index (χ2n) is 4.75. The third kappa shape index (κ3) is 3.30. The SMILES string of the molecule is Cc1ccc(S(=O)(=O)n2cc(CN(C)C(=O)O)cc2Br)cn1. The fraction of sp³-hybridized carbons (Fsp3) is 0.231. The van der Waals surface area contributed by atoms with Crippen molar-refractivity contribution in [3.05, 3.63) is 46.5 Å². The highest BCUT2D eigenvalue weighted by atomic mass is 79.9. The molecule has 0 saturated heterocycles. The zero-order valence-electron chi connectivity index (χ0n) is 11.9. The average Bonchev–Trinajstić information content (AvgIpc) is 2.80. The molecule has 0 atom stereocenters. The molecule has 0 saturated carbocycles. The highest BCUT2D eigenvalue weighted by Crippen LogP contribution is 2.23. The van der Waals surface area contributed by atoms with Crippen LogP contribution >= 0.6 is 15.9 Å². The molecule has 0 spiro atoms. The van der Waals surface area contributed by atoms with Crippen molar-refractivity contribution in [2.24, 2.45) is 0 Å². The summed E-state index contributed by atoms with van der Waals surface area (Å²) in [6.45, 7) is 1.85. The van der Waals surface area contributed by atoms with E-state index in [0.717, 1.165) is 8.87 Å². The van der Waals surface area contributed by atoms with Crippen molar-refractivity contribution in [2.45, 2.75) is 18.4 Å². The maximum atomic E-state index is 12.6. The van der Waals surface area contributed by atoms with Crippen LogP contribution in [-0.4, -0.2) is 40.5 Å². The number of hydrogen-bond donors (Lipinski definition) is 1. The van der Waals surface area contributed by atoms with Crippen LogP contribution in [0.5, 0.6) is 0 Å². The molecule has 2 aromatic heterocycles. The van der Waals surface area contributed by atoms with Crippen LogP contribution in [0, 0.1) is 6.92 Å². The molecule has 0 unspecified atom stereocenters. The summed E-state index contributed by atoms with van der Waals surface area (Å²) in [5, 5.41) is 8.86. The fourth-order valence-corrected chi connectivity index (χ4v) is 3.98. The van der Waals surface area contributed by atoms with Crippen LogP contribution in [0.4, 0.5) is 4.79 Å². The van der Waals surface area contributed by atoms with E-state index in [4.69, 9.17) is 5.11 Å².